The quantitative estimate of drug-likeness (QED) is 0.845. The molecule has 1 aromatic heterocycles. The van der Waals surface area contributed by atoms with E-state index in [-0.39, 0.29) is 11.9 Å². The van der Waals surface area contributed by atoms with Crippen LogP contribution in [0.25, 0.3) is 0 Å². The predicted octanol–water partition coefficient (Wildman–Crippen LogP) is 2.04. The minimum Gasteiger partial charge on any atom is -0.377 e. The van der Waals surface area contributed by atoms with Crippen molar-refractivity contribution in [2.45, 2.75) is 44.2 Å². The van der Waals surface area contributed by atoms with E-state index in [1.807, 2.05) is 0 Å². The molecule has 0 aromatic carbocycles. The lowest BCUT2D eigenvalue weighted by Gasteiger charge is -2.26. The fourth-order valence-electron chi connectivity index (χ4n) is 2.96. The Morgan fingerprint density at radius 2 is 2.24 bits per heavy atom. The molecule has 1 amide bonds. The zero-order valence-corrected chi connectivity index (χ0v) is 13.2. The van der Waals surface area contributed by atoms with Crippen LogP contribution in [0.2, 0.25) is 0 Å². The van der Waals surface area contributed by atoms with Gasteiger partial charge in [-0.3, -0.25) is 4.79 Å². The second-order valence-corrected chi connectivity index (χ2v) is 7.89. The second kappa shape index (κ2) is 5.38. The van der Waals surface area contributed by atoms with E-state index in [0.29, 0.717) is 25.2 Å². The second-order valence-electron chi connectivity index (χ2n) is 6.63. The maximum Gasteiger partial charge on any atom is 0.261 e. The molecule has 5 heteroatoms. The number of carbonyl (C=O) groups is 1. The van der Waals surface area contributed by atoms with Gasteiger partial charge in [-0.1, -0.05) is 0 Å². The topological polar surface area (TPSA) is 50.4 Å². The smallest absolute Gasteiger partial charge is 0.261 e. The SMILES string of the molecule is Cc1sc(C(=O)NC2COC2)cc1C1CC1NCC1CC1. The number of carbonyl (C=O) groups excluding carboxylic acids is 1. The summed E-state index contributed by atoms with van der Waals surface area (Å²) in [6, 6.07) is 2.95. The molecule has 21 heavy (non-hydrogen) atoms. The predicted molar refractivity (Wildman–Crippen MR) is 83.0 cm³/mol. The van der Waals surface area contributed by atoms with Crippen LogP contribution in [0.1, 0.15) is 45.3 Å². The van der Waals surface area contributed by atoms with Gasteiger partial charge in [0.05, 0.1) is 24.1 Å². The molecule has 2 N–H and O–H groups in total. The highest BCUT2D eigenvalue weighted by atomic mass is 32.1. The van der Waals surface area contributed by atoms with Crippen molar-refractivity contribution in [2.24, 2.45) is 5.92 Å². The first-order chi connectivity index (χ1) is 10.2. The van der Waals surface area contributed by atoms with E-state index in [1.165, 1.54) is 36.2 Å². The molecule has 2 saturated carbocycles. The molecule has 3 fully saturated rings. The van der Waals surface area contributed by atoms with Crippen molar-refractivity contribution in [2.75, 3.05) is 19.8 Å². The van der Waals surface area contributed by atoms with Gasteiger partial charge >= 0.3 is 0 Å². The van der Waals surface area contributed by atoms with Gasteiger partial charge in [0.25, 0.3) is 5.91 Å². The van der Waals surface area contributed by atoms with Crippen molar-refractivity contribution in [3.05, 3.63) is 21.4 Å². The first-order valence-electron chi connectivity index (χ1n) is 7.93. The molecule has 2 unspecified atom stereocenters. The lowest BCUT2D eigenvalue weighted by atomic mass is 10.1. The van der Waals surface area contributed by atoms with Gasteiger partial charge in [0.15, 0.2) is 0 Å². The van der Waals surface area contributed by atoms with Gasteiger partial charge in [-0.05, 0) is 50.3 Å². The number of amides is 1. The lowest BCUT2D eigenvalue weighted by molar-refractivity contribution is -0.00339. The highest BCUT2D eigenvalue weighted by Crippen LogP contribution is 2.45. The molecule has 3 aliphatic rings. The van der Waals surface area contributed by atoms with Gasteiger partial charge in [-0.2, -0.15) is 0 Å². The van der Waals surface area contributed by atoms with Gasteiger partial charge in [-0.15, -0.1) is 11.3 Å². The molecule has 4 rings (SSSR count). The van der Waals surface area contributed by atoms with Crippen molar-refractivity contribution >= 4 is 17.2 Å². The molecular weight excluding hydrogens is 284 g/mol. The van der Waals surface area contributed by atoms with Crippen LogP contribution >= 0.6 is 11.3 Å². The number of aryl methyl sites for hydroxylation is 1. The Balaban J connectivity index is 1.36. The Morgan fingerprint density at radius 1 is 1.43 bits per heavy atom. The summed E-state index contributed by atoms with van der Waals surface area (Å²) in [5.41, 5.74) is 1.38. The Bertz CT molecular complexity index is 548. The van der Waals surface area contributed by atoms with Crippen molar-refractivity contribution in [3.8, 4) is 0 Å². The summed E-state index contributed by atoms with van der Waals surface area (Å²) < 4.78 is 5.09. The number of hydrogen-bond donors (Lipinski definition) is 2. The monoisotopic (exact) mass is 306 g/mol. The van der Waals surface area contributed by atoms with E-state index >= 15 is 0 Å². The zero-order chi connectivity index (χ0) is 14.4. The molecule has 0 radical (unpaired) electrons. The van der Waals surface area contributed by atoms with Gasteiger partial charge < -0.3 is 15.4 Å². The summed E-state index contributed by atoms with van der Waals surface area (Å²) in [5, 5.41) is 6.69. The molecular formula is C16H22N2O2S. The zero-order valence-electron chi connectivity index (χ0n) is 12.4. The third kappa shape index (κ3) is 3.00. The maximum absolute atomic E-state index is 12.2. The van der Waals surface area contributed by atoms with E-state index in [0.717, 1.165) is 10.8 Å². The van der Waals surface area contributed by atoms with Crippen LogP contribution in [0.3, 0.4) is 0 Å². The highest BCUT2D eigenvalue weighted by Gasteiger charge is 2.40. The average Bonchev–Trinajstić information content (AvgIpc) is 3.31. The minimum absolute atomic E-state index is 0.0609. The summed E-state index contributed by atoms with van der Waals surface area (Å²) in [4.78, 5) is 14.3. The molecule has 2 atom stereocenters. The highest BCUT2D eigenvalue weighted by molar-refractivity contribution is 7.14. The third-order valence-corrected chi connectivity index (χ3v) is 5.77. The molecule has 1 saturated heterocycles. The molecule has 0 spiro atoms. The van der Waals surface area contributed by atoms with Crippen molar-refractivity contribution < 1.29 is 9.53 Å². The van der Waals surface area contributed by atoms with Crippen LogP contribution in [0.4, 0.5) is 0 Å². The Labute approximate surface area is 129 Å². The van der Waals surface area contributed by atoms with Gasteiger partial charge in [-0.25, -0.2) is 0 Å². The van der Waals surface area contributed by atoms with E-state index in [9.17, 15) is 4.79 Å². The maximum atomic E-state index is 12.2. The molecule has 2 heterocycles. The van der Waals surface area contributed by atoms with E-state index in [1.54, 1.807) is 11.3 Å². The van der Waals surface area contributed by atoms with Gasteiger partial charge in [0.2, 0.25) is 0 Å². The standard InChI is InChI=1S/C16H22N2O2S/c1-9-12(13-4-14(13)17-6-10-2-3-10)5-15(21-9)16(19)18-11-7-20-8-11/h5,10-11,13-14,17H,2-4,6-8H2,1H3,(H,18,19). The average molecular weight is 306 g/mol. The summed E-state index contributed by atoms with van der Waals surface area (Å²) in [5.74, 6) is 1.61. The number of rotatable bonds is 6. The van der Waals surface area contributed by atoms with Crippen LogP contribution in [-0.2, 0) is 4.74 Å². The third-order valence-electron chi connectivity index (χ3n) is 4.71. The van der Waals surface area contributed by atoms with Crippen LogP contribution < -0.4 is 10.6 Å². The normalized spacial score (nSPS) is 28.2. The van der Waals surface area contributed by atoms with Gasteiger partial charge in [0.1, 0.15) is 0 Å². The fourth-order valence-corrected chi connectivity index (χ4v) is 3.95. The Kier molecular flexibility index (Phi) is 3.52. The van der Waals surface area contributed by atoms with Crippen LogP contribution in [0.15, 0.2) is 6.07 Å². The van der Waals surface area contributed by atoms with E-state index in [2.05, 4.69) is 23.6 Å². The summed E-state index contributed by atoms with van der Waals surface area (Å²) in [6.07, 6.45) is 4.02. The largest absolute Gasteiger partial charge is 0.377 e. The molecule has 4 nitrogen and oxygen atoms in total. The van der Waals surface area contributed by atoms with Crippen molar-refractivity contribution in [3.63, 3.8) is 0 Å². The van der Waals surface area contributed by atoms with Crippen LogP contribution in [0.5, 0.6) is 0 Å². The first kappa shape index (κ1) is 13.7. The molecule has 2 aliphatic carbocycles. The summed E-state index contributed by atoms with van der Waals surface area (Å²) in [6.45, 7) is 4.62. The van der Waals surface area contributed by atoms with E-state index in [4.69, 9.17) is 4.74 Å². The van der Waals surface area contributed by atoms with Crippen molar-refractivity contribution in [1.82, 2.24) is 10.6 Å². The lowest BCUT2D eigenvalue weighted by Crippen LogP contribution is -2.48. The number of thiophene rings is 1. The molecule has 1 aliphatic heterocycles. The summed E-state index contributed by atoms with van der Waals surface area (Å²) in [7, 11) is 0. The van der Waals surface area contributed by atoms with Crippen LogP contribution in [-0.4, -0.2) is 37.7 Å². The Hall–Kier alpha value is -0.910. The van der Waals surface area contributed by atoms with Gasteiger partial charge in [0, 0.05) is 16.8 Å². The molecule has 114 valence electrons. The first-order valence-corrected chi connectivity index (χ1v) is 8.74. The minimum atomic E-state index is 0.0609. The molecule has 1 aromatic rings. The molecule has 0 bridgehead atoms. The van der Waals surface area contributed by atoms with Crippen LogP contribution in [0, 0.1) is 12.8 Å². The number of nitrogens with one attached hydrogen (secondary N) is 2. The summed E-state index contributed by atoms with van der Waals surface area (Å²) >= 11 is 1.63. The number of hydrogen-bond acceptors (Lipinski definition) is 4. The Morgan fingerprint density at radius 3 is 2.90 bits per heavy atom. The fraction of sp³-hybridized carbons (Fsp3) is 0.688. The van der Waals surface area contributed by atoms with Crippen molar-refractivity contribution in [1.29, 1.82) is 0 Å². The van der Waals surface area contributed by atoms with E-state index < -0.39 is 0 Å². The number of ether oxygens (including phenoxy) is 1.